The van der Waals surface area contributed by atoms with Crippen LogP contribution in [0, 0.1) is 5.92 Å². The summed E-state index contributed by atoms with van der Waals surface area (Å²) in [6.07, 6.45) is 22.2. The molecule has 1 N–H and O–H groups in total. The third-order valence-electron chi connectivity index (χ3n) is 6.42. The van der Waals surface area contributed by atoms with Crippen molar-refractivity contribution in [1.82, 2.24) is 0 Å². The number of hydrogen-bond acceptors (Lipinski definition) is 4. The molecule has 0 bridgehead atoms. The molecule has 0 aliphatic rings. The maximum atomic E-state index is 12.0. The summed E-state index contributed by atoms with van der Waals surface area (Å²) < 4.78 is 5.51. The van der Waals surface area contributed by atoms with Gasteiger partial charge in [-0.25, -0.2) is 0 Å². The van der Waals surface area contributed by atoms with Gasteiger partial charge in [0, 0.05) is 25.9 Å². The summed E-state index contributed by atoms with van der Waals surface area (Å²) in [4.78, 5) is 23.8. The second-order valence-electron chi connectivity index (χ2n) is 9.56. The maximum absolute atomic E-state index is 12.0. The summed E-state index contributed by atoms with van der Waals surface area (Å²) in [5, 5.41) is 8.74. The number of esters is 1. The van der Waals surface area contributed by atoms with Crippen LogP contribution >= 0.6 is 0 Å². The summed E-state index contributed by atoms with van der Waals surface area (Å²) in [6.45, 7) is 5.34. The van der Waals surface area contributed by atoms with Crippen LogP contribution in [0.25, 0.3) is 0 Å². The van der Waals surface area contributed by atoms with Crippen molar-refractivity contribution in [3.63, 3.8) is 0 Å². The van der Waals surface area contributed by atoms with Gasteiger partial charge in [-0.3, -0.25) is 9.59 Å². The van der Waals surface area contributed by atoms with E-state index in [2.05, 4.69) is 13.8 Å². The maximum Gasteiger partial charge on any atom is 0.305 e. The van der Waals surface area contributed by atoms with E-state index in [9.17, 15) is 9.59 Å². The van der Waals surface area contributed by atoms with Gasteiger partial charge in [0.25, 0.3) is 0 Å². The number of ketones is 1. The molecule has 4 heteroatoms. The Morgan fingerprint density at radius 3 is 1.66 bits per heavy atom. The molecule has 0 saturated heterocycles. The molecule has 0 radical (unpaired) electrons. The Balaban J connectivity index is 3.63. The Morgan fingerprint density at radius 2 is 1.12 bits per heavy atom. The molecular formula is C28H54O4. The summed E-state index contributed by atoms with van der Waals surface area (Å²) in [5.41, 5.74) is 0. The lowest BCUT2D eigenvalue weighted by molar-refractivity contribution is -0.144. The molecule has 0 aliphatic carbocycles. The van der Waals surface area contributed by atoms with E-state index in [1.54, 1.807) is 0 Å². The van der Waals surface area contributed by atoms with E-state index < -0.39 is 0 Å². The zero-order valence-electron chi connectivity index (χ0n) is 21.5. The molecule has 0 atom stereocenters. The summed E-state index contributed by atoms with van der Waals surface area (Å²) in [5.74, 6) is 1.05. The van der Waals surface area contributed by atoms with Gasteiger partial charge >= 0.3 is 5.97 Å². The first-order chi connectivity index (χ1) is 15.6. The van der Waals surface area contributed by atoms with E-state index in [0.717, 1.165) is 64.2 Å². The number of aliphatic hydroxyl groups is 1. The van der Waals surface area contributed by atoms with E-state index in [1.807, 2.05) is 0 Å². The number of hydrogen-bond donors (Lipinski definition) is 1. The zero-order chi connectivity index (χ0) is 23.7. The van der Waals surface area contributed by atoms with Crippen LogP contribution in [0.4, 0.5) is 0 Å². The van der Waals surface area contributed by atoms with Crippen molar-refractivity contribution in [1.29, 1.82) is 0 Å². The highest BCUT2D eigenvalue weighted by Gasteiger charge is 2.10. The van der Waals surface area contributed by atoms with Crippen LogP contribution in [0.3, 0.4) is 0 Å². The van der Waals surface area contributed by atoms with Gasteiger partial charge in [-0.05, 0) is 38.0 Å². The van der Waals surface area contributed by atoms with E-state index in [4.69, 9.17) is 9.84 Å². The number of rotatable bonds is 25. The smallest absolute Gasteiger partial charge is 0.305 e. The molecule has 0 aliphatic heterocycles. The van der Waals surface area contributed by atoms with Crippen LogP contribution in [-0.2, 0) is 14.3 Å². The minimum absolute atomic E-state index is 0.0396. The average Bonchev–Trinajstić information content (AvgIpc) is 2.78. The van der Waals surface area contributed by atoms with Gasteiger partial charge in [0.15, 0.2) is 0 Å². The molecular weight excluding hydrogens is 400 g/mol. The Kier molecular flexibility index (Phi) is 24.0. The monoisotopic (exact) mass is 454 g/mol. The molecule has 0 aromatic rings. The molecule has 190 valence electrons. The third kappa shape index (κ3) is 22.3. The highest BCUT2D eigenvalue weighted by Crippen LogP contribution is 2.21. The van der Waals surface area contributed by atoms with Crippen LogP contribution in [0.1, 0.15) is 149 Å². The van der Waals surface area contributed by atoms with Crippen molar-refractivity contribution in [3.8, 4) is 0 Å². The Hall–Kier alpha value is -0.900. The first-order valence-corrected chi connectivity index (χ1v) is 13.9. The highest BCUT2D eigenvalue weighted by atomic mass is 16.5. The van der Waals surface area contributed by atoms with E-state index in [1.165, 1.54) is 51.4 Å². The van der Waals surface area contributed by atoms with E-state index >= 15 is 0 Å². The largest absolute Gasteiger partial charge is 0.466 e. The number of aliphatic hydroxyl groups excluding tert-OH is 1. The van der Waals surface area contributed by atoms with Gasteiger partial charge in [-0.1, -0.05) is 97.3 Å². The highest BCUT2D eigenvalue weighted by molar-refractivity contribution is 5.78. The lowest BCUT2D eigenvalue weighted by Gasteiger charge is -2.16. The Bertz CT molecular complexity index is 412. The van der Waals surface area contributed by atoms with Crippen molar-refractivity contribution in [2.24, 2.45) is 5.92 Å². The fourth-order valence-electron chi connectivity index (χ4n) is 4.24. The van der Waals surface area contributed by atoms with Gasteiger partial charge in [-0.15, -0.1) is 0 Å². The fraction of sp³-hybridized carbons (Fsp3) is 0.929. The average molecular weight is 455 g/mol. The molecule has 0 saturated carbocycles. The first kappa shape index (κ1) is 31.1. The molecule has 0 heterocycles. The number of carbonyl (C=O) groups is 2. The fourth-order valence-corrected chi connectivity index (χ4v) is 4.24. The lowest BCUT2D eigenvalue weighted by Crippen LogP contribution is -2.10. The Morgan fingerprint density at radius 1 is 0.625 bits per heavy atom. The summed E-state index contributed by atoms with van der Waals surface area (Å²) >= 11 is 0. The minimum atomic E-state index is -0.0396. The number of carbonyl (C=O) groups excluding carboxylic acids is 2. The van der Waals surface area contributed by atoms with Gasteiger partial charge < -0.3 is 9.84 Å². The second-order valence-corrected chi connectivity index (χ2v) is 9.56. The quantitative estimate of drug-likeness (QED) is 0.112. The molecule has 0 spiro atoms. The van der Waals surface area contributed by atoms with Crippen LogP contribution in [0.5, 0.6) is 0 Å². The Labute approximate surface area is 199 Å². The second kappa shape index (κ2) is 24.7. The number of ether oxygens (including phenoxy) is 1. The van der Waals surface area contributed by atoms with E-state index in [0.29, 0.717) is 37.6 Å². The van der Waals surface area contributed by atoms with Gasteiger partial charge in [0.2, 0.25) is 0 Å². The zero-order valence-corrected chi connectivity index (χ0v) is 21.5. The standard InChI is InChI=1S/C28H54O4/c1-3-5-12-18-26(19-13-6-4-2)23-25-32-28(31)22-16-9-7-8-14-20-27(30)21-15-10-11-17-24-29/h26,29H,3-25H2,1-2H3. The number of Topliss-reactive ketones (excluding diaryl/α,β-unsaturated/α-hetero) is 1. The molecule has 0 aromatic heterocycles. The van der Waals surface area contributed by atoms with Crippen LogP contribution in [-0.4, -0.2) is 30.1 Å². The normalized spacial score (nSPS) is 11.2. The van der Waals surface area contributed by atoms with Crippen LogP contribution in [0.2, 0.25) is 0 Å². The van der Waals surface area contributed by atoms with E-state index in [-0.39, 0.29) is 12.6 Å². The topological polar surface area (TPSA) is 63.6 Å². The molecule has 0 amide bonds. The predicted molar refractivity (Wildman–Crippen MR) is 135 cm³/mol. The van der Waals surface area contributed by atoms with Crippen LogP contribution in [0.15, 0.2) is 0 Å². The van der Waals surface area contributed by atoms with Crippen molar-refractivity contribution in [3.05, 3.63) is 0 Å². The van der Waals surface area contributed by atoms with Crippen molar-refractivity contribution >= 4 is 11.8 Å². The van der Waals surface area contributed by atoms with Gasteiger partial charge in [0.1, 0.15) is 5.78 Å². The van der Waals surface area contributed by atoms with Crippen LogP contribution < -0.4 is 0 Å². The molecule has 0 fully saturated rings. The molecule has 4 nitrogen and oxygen atoms in total. The van der Waals surface area contributed by atoms with Crippen molar-refractivity contribution < 1.29 is 19.4 Å². The molecule has 0 rings (SSSR count). The van der Waals surface area contributed by atoms with Crippen molar-refractivity contribution in [2.75, 3.05) is 13.2 Å². The molecule has 0 unspecified atom stereocenters. The lowest BCUT2D eigenvalue weighted by atomic mass is 9.92. The third-order valence-corrected chi connectivity index (χ3v) is 6.42. The summed E-state index contributed by atoms with van der Waals surface area (Å²) in [7, 11) is 0. The predicted octanol–water partition coefficient (Wildman–Crippen LogP) is 7.94. The SMILES string of the molecule is CCCCCC(CCCCC)CCOC(=O)CCCCCCCC(=O)CCCCCCO. The van der Waals surface area contributed by atoms with Gasteiger partial charge in [0.05, 0.1) is 6.61 Å². The van der Waals surface area contributed by atoms with Gasteiger partial charge in [-0.2, -0.15) is 0 Å². The minimum Gasteiger partial charge on any atom is -0.466 e. The summed E-state index contributed by atoms with van der Waals surface area (Å²) in [6, 6.07) is 0. The van der Waals surface area contributed by atoms with Crippen molar-refractivity contribution in [2.45, 2.75) is 149 Å². The number of unbranched alkanes of at least 4 members (excludes halogenated alkanes) is 11. The molecule has 32 heavy (non-hydrogen) atoms. The first-order valence-electron chi connectivity index (χ1n) is 13.9. The molecule has 0 aromatic carbocycles.